The third kappa shape index (κ3) is 3.36. The van der Waals surface area contributed by atoms with Crippen LogP contribution in [0.25, 0.3) is 10.2 Å². The van der Waals surface area contributed by atoms with E-state index in [4.69, 9.17) is 10.7 Å². The number of nitrogens with two attached hydrogens (primary N) is 1. The number of fused-ring (bicyclic) bond motifs is 1. The summed E-state index contributed by atoms with van der Waals surface area (Å²) in [6, 6.07) is 5.90. The Morgan fingerprint density at radius 2 is 2.14 bits per heavy atom. The number of piperidine rings is 1. The molecule has 2 fully saturated rings. The molecule has 7 heteroatoms. The zero-order chi connectivity index (χ0) is 19.1. The van der Waals surface area contributed by atoms with E-state index >= 15 is 0 Å². The maximum atomic E-state index is 12.9. The molecule has 2 aliphatic rings. The monoisotopic (exact) mass is 393 g/mol. The number of pyridine rings is 2. The van der Waals surface area contributed by atoms with Crippen molar-refractivity contribution in [2.45, 2.75) is 37.6 Å². The van der Waals surface area contributed by atoms with Crippen molar-refractivity contribution in [1.29, 1.82) is 0 Å². The molecule has 144 valence electrons. The van der Waals surface area contributed by atoms with Crippen LogP contribution in [0.4, 0.5) is 11.4 Å². The molecule has 0 bridgehead atoms. The smallest absolute Gasteiger partial charge is 0.274 e. The Kier molecular flexibility index (Phi) is 4.49. The Bertz CT molecular complexity index is 1030. The molecule has 1 atom stereocenters. The van der Waals surface area contributed by atoms with Crippen LogP contribution in [-0.4, -0.2) is 35.0 Å². The SMILES string of the molecule is NC1CCCN(c2ccncc2NC(=O)c2ccc3scc(C4CC4)c3n2)C1. The minimum Gasteiger partial charge on any atom is -0.368 e. The fraction of sp³-hybridized carbons (Fsp3) is 0.381. The maximum absolute atomic E-state index is 12.9. The van der Waals surface area contributed by atoms with Crippen molar-refractivity contribution in [3.63, 3.8) is 0 Å². The van der Waals surface area contributed by atoms with Crippen molar-refractivity contribution in [2.75, 3.05) is 23.3 Å². The molecule has 3 aromatic heterocycles. The highest BCUT2D eigenvalue weighted by molar-refractivity contribution is 7.17. The summed E-state index contributed by atoms with van der Waals surface area (Å²) in [6.45, 7) is 1.72. The molecule has 3 aromatic rings. The van der Waals surface area contributed by atoms with Crippen molar-refractivity contribution >= 4 is 38.8 Å². The van der Waals surface area contributed by atoms with Crippen LogP contribution in [0.1, 0.15) is 47.7 Å². The molecule has 0 spiro atoms. The van der Waals surface area contributed by atoms with Gasteiger partial charge < -0.3 is 16.0 Å². The first-order valence-corrected chi connectivity index (χ1v) is 10.7. The van der Waals surface area contributed by atoms with Crippen LogP contribution in [0.5, 0.6) is 0 Å². The molecule has 1 aliphatic heterocycles. The predicted octanol–water partition coefficient (Wildman–Crippen LogP) is 3.75. The molecule has 6 nitrogen and oxygen atoms in total. The number of rotatable bonds is 4. The summed E-state index contributed by atoms with van der Waals surface area (Å²) in [5.74, 6) is 0.415. The molecule has 1 saturated carbocycles. The second kappa shape index (κ2) is 7.14. The molecular formula is C21H23N5OS. The highest BCUT2D eigenvalue weighted by atomic mass is 32.1. The fourth-order valence-corrected chi connectivity index (χ4v) is 4.90. The summed E-state index contributed by atoms with van der Waals surface area (Å²) in [5, 5.41) is 5.21. The number of carbonyl (C=O) groups excluding carboxylic acids is 1. The average molecular weight is 394 g/mol. The normalized spacial score (nSPS) is 19.8. The first-order valence-electron chi connectivity index (χ1n) is 9.83. The van der Waals surface area contributed by atoms with Gasteiger partial charge in [0.25, 0.3) is 5.91 Å². The van der Waals surface area contributed by atoms with Gasteiger partial charge in [0.15, 0.2) is 0 Å². The van der Waals surface area contributed by atoms with E-state index in [1.54, 1.807) is 29.8 Å². The van der Waals surface area contributed by atoms with Crippen LogP contribution >= 0.6 is 11.3 Å². The molecule has 0 aromatic carbocycles. The third-order valence-electron chi connectivity index (χ3n) is 5.54. The first kappa shape index (κ1) is 17.6. The quantitative estimate of drug-likeness (QED) is 0.705. The molecule has 1 unspecified atom stereocenters. The number of nitrogens with one attached hydrogen (secondary N) is 1. The molecule has 1 aliphatic carbocycles. The summed E-state index contributed by atoms with van der Waals surface area (Å²) in [4.78, 5) is 24.1. The second-order valence-corrected chi connectivity index (χ2v) is 8.62. The zero-order valence-electron chi connectivity index (χ0n) is 15.6. The lowest BCUT2D eigenvalue weighted by Gasteiger charge is -2.33. The van der Waals surface area contributed by atoms with Gasteiger partial charge in [0.1, 0.15) is 5.69 Å². The van der Waals surface area contributed by atoms with Crippen molar-refractivity contribution in [2.24, 2.45) is 5.73 Å². The molecule has 28 heavy (non-hydrogen) atoms. The number of amides is 1. The Morgan fingerprint density at radius 1 is 1.25 bits per heavy atom. The van der Waals surface area contributed by atoms with Gasteiger partial charge in [-0.3, -0.25) is 9.78 Å². The van der Waals surface area contributed by atoms with E-state index in [-0.39, 0.29) is 11.9 Å². The lowest BCUT2D eigenvalue weighted by molar-refractivity contribution is 0.102. The summed E-state index contributed by atoms with van der Waals surface area (Å²) >= 11 is 1.71. The molecule has 3 N–H and O–H groups in total. The largest absolute Gasteiger partial charge is 0.368 e. The van der Waals surface area contributed by atoms with Crippen LogP contribution in [0.2, 0.25) is 0 Å². The van der Waals surface area contributed by atoms with E-state index in [2.05, 4.69) is 20.6 Å². The van der Waals surface area contributed by atoms with Gasteiger partial charge in [-0.25, -0.2) is 4.98 Å². The molecule has 0 radical (unpaired) electrons. The Morgan fingerprint density at radius 3 is 2.96 bits per heavy atom. The van der Waals surface area contributed by atoms with E-state index in [9.17, 15) is 4.79 Å². The molecule has 1 amide bonds. The number of hydrogen-bond donors (Lipinski definition) is 2. The molecule has 4 heterocycles. The first-order chi connectivity index (χ1) is 13.7. The minimum atomic E-state index is -0.203. The minimum absolute atomic E-state index is 0.161. The van der Waals surface area contributed by atoms with Crippen molar-refractivity contribution in [3.8, 4) is 0 Å². The van der Waals surface area contributed by atoms with Gasteiger partial charge in [0, 0.05) is 25.3 Å². The second-order valence-electron chi connectivity index (χ2n) is 7.70. The van der Waals surface area contributed by atoms with E-state index in [1.807, 2.05) is 12.1 Å². The third-order valence-corrected chi connectivity index (χ3v) is 6.49. The maximum Gasteiger partial charge on any atom is 0.274 e. The lowest BCUT2D eigenvalue weighted by Crippen LogP contribution is -2.43. The number of hydrogen-bond acceptors (Lipinski definition) is 6. The topological polar surface area (TPSA) is 84.1 Å². The van der Waals surface area contributed by atoms with Gasteiger partial charge in [-0.2, -0.15) is 0 Å². The van der Waals surface area contributed by atoms with Gasteiger partial charge in [0.05, 0.1) is 27.8 Å². The number of nitrogens with zero attached hydrogens (tertiary/aromatic N) is 3. The number of anilines is 2. The van der Waals surface area contributed by atoms with Crippen molar-refractivity contribution < 1.29 is 4.79 Å². The number of thiophene rings is 1. The summed E-state index contributed by atoms with van der Waals surface area (Å²) < 4.78 is 1.14. The molecule has 5 rings (SSSR count). The Labute approximate surface area is 167 Å². The predicted molar refractivity (Wildman–Crippen MR) is 113 cm³/mol. The van der Waals surface area contributed by atoms with Gasteiger partial charge >= 0.3 is 0 Å². The average Bonchev–Trinajstić information content (AvgIpc) is 3.47. The Hall–Kier alpha value is -2.51. The van der Waals surface area contributed by atoms with Crippen molar-refractivity contribution in [3.05, 3.63) is 47.2 Å². The summed E-state index contributed by atoms with van der Waals surface area (Å²) in [7, 11) is 0. The van der Waals surface area contributed by atoms with Gasteiger partial charge in [-0.1, -0.05) is 0 Å². The van der Waals surface area contributed by atoms with Crippen LogP contribution in [0.15, 0.2) is 36.0 Å². The van der Waals surface area contributed by atoms with E-state index in [0.717, 1.165) is 41.8 Å². The van der Waals surface area contributed by atoms with E-state index in [0.29, 0.717) is 17.3 Å². The van der Waals surface area contributed by atoms with Crippen LogP contribution in [0, 0.1) is 0 Å². The highest BCUT2D eigenvalue weighted by Gasteiger charge is 2.27. The lowest BCUT2D eigenvalue weighted by atomic mass is 10.1. The number of aromatic nitrogens is 2. The Balaban J connectivity index is 1.41. The number of carbonyl (C=O) groups is 1. The summed E-state index contributed by atoms with van der Waals surface area (Å²) in [6.07, 6.45) is 7.99. The van der Waals surface area contributed by atoms with Crippen LogP contribution in [0.3, 0.4) is 0 Å². The standard InChI is InChI=1S/C21H23N5OS/c22-14-2-1-9-26(11-14)18-7-8-23-10-17(18)25-21(27)16-5-6-19-20(24-16)15(12-28-19)13-3-4-13/h5-8,10,12-14H,1-4,9,11,22H2,(H,25,27). The fourth-order valence-electron chi connectivity index (χ4n) is 3.92. The molecule has 1 saturated heterocycles. The summed E-state index contributed by atoms with van der Waals surface area (Å²) in [5.41, 5.74) is 10.5. The van der Waals surface area contributed by atoms with Crippen LogP contribution < -0.4 is 16.0 Å². The van der Waals surface area contributed by atoms with Gasteiger partial charge in [0.2, 0.25) is 0 Å². The van der Waals surface area contributed by atoms with Gasteiger partial charge in [-0.05, 0) is 60.7 Å². The van der Waals surface area contributed by atoms with Crippen molar-refractivity contribution in [1.82, 2.24) is 9.97 Å². The van der Waals surface area contributed by atoms with E-state index in [1.165, 1.54) is 18.4 Å². The van der Waals surface area contributed by atoms with Gasteiger partial charge in [-0.15, -0.1) is 11.3 Å². The van der Waals surface area contributed by atoms with Crippen LogP contribution in [-0.2, 0) is 0 Å². The molecular weight excluding hydrogens is 370 g/mol. The highest BCUT2D eigenvalue weighted by Crippen LogP contribution is 2.44. The zero-order valence-corrected chi connectivity index (χ0v) is 16.4. The van der Waals surface area contributed by atoms with E-state index < -0.39 is 0 Å².